The summed E-state index contributed by atoms with van der Waals surface area (Å²) in [6, 6.07) is 12.5. The monoisotopic (exact) mass is 481 g/mol. The van der Waals surface area contributed by atoms with E-state index >= 15 is 0 Å². The maximum Gasteiger partial charge on any atom is 0.143 e. The Hall–Kier alpha value is -3.58. The number of hydrogen-bond acceptors (Lipinski definition) is 7. The molecule has 3 aromatic rings. The molecule has 2 aliphatic heterocycles. The van der Waals surface area contributed by atoms with E-state index in [4.69, 9.17) is 4.74 Å². The predicted octanol–water partition coefficient (Wildman–Crippen LogP) is 3.62. The van der Waals surface area contributed by atoms with Gasteiger partial charge in [-0.25, -0.2) is 9.97 Å². The minimum atomic E-state index is 0.183. The van der Waals surface area contributed by atoms with Crippen LogP contribution in [-0.4, -0.2) is 60.1 Å². The van der Waals surface area contributed by atoms with Crippen LogP contribution in [0.5, 0.6) is 0 Å². The second-order valence-corrected chi connectivity index (χ2v) is 10.1. The van der Waals surface area contributed by atoms with Gasteiger partial charge >= 0.3 is 0 Å². The van der Waals surface area contributed by atoms with E-state index < -0.39 is 0 Å². The molecule has 0 radical (unpaired) electrons. The maximum atomic E-state index is 12.8. The van der Waals surface area contributed by atoms with Gasteiger partial charge in [0.25, 0.3) is 0 Å². The van der Waals surface area contributed by atoms with Crippen molar-refractivity contribution in [3.8, 4) is 0 Å². The second-order valence-electron chi connectivity index (χ2n) is 10.1. The molecule has 1 aromatic carbocycles. The Balaban J connectivity index is 1.10. The van der Waals surface area contributed by atoms with Crippen molar-refractivity contribution in [1.82, 2.24) is 15.0 Å². The van der Waals surface area contributed by atoms with E-state index in [9.17, 15) is 4.79 Å². The van der Waals surface area contributed by atoms with Gasteiger partial charge in [-0.15, -0.1) is 0 Å². The van der Waals surface area contributed by atoms with Crippen LogP contribution in [0.3, 0.4) is 0 Å². The van der Waals surface area contributed by atoms with Crippen LogP contribution in [0.4, 0.5) is 11.5 Å². The number of carbonyl (C=O) groups excluding carboxylic acids is 1. The van der Waals surface area contributed by atoms with E-state index in [0.717, 1.165) is 85.6 Å². The van der Waals surface area contributed by atoms with Gasteiger partial charge < -0.3 is 14.5 Å². The second kappa shape index (κ2) is 9.82. The summed E-state index contributed by atoms with van der Waals surface area (Å²) in [6.45, 7) is 7.58. The summed E-state index contributed by atoms with van der Waals surface area (Å²) in [5, 5.41) is 0. The van der Waals surface area contributed by atoms with E-state index in [1.807, 2.05) is 12.3 Å². The number of benzene rings is 1. The van der Waals surface area contributed by atoms with E-state index in [-0.39, 0.29) is 5.78 Å². The first kappa shape index (κ1) is 22.9. The van der Waals surface area contributed by atoms with Crippen molar-refractivity contribution in [2.75, 3.05) is 49.2 Å². The highest BCUT2D eigenvalue weighted by atomic mass is 16.5. The molecule has 36 heavy (non-hydrogen) atoms. The van der Waals surface area contributed by atoms with Gasteiger partial charge in [0.1, 0.15) is 17.9 Å². The lowest BCUT2D eigenvalue weighted by Crippen LogP contribution is -2.45. The number of hydrogen-bond donors (Lipinski definition) is 0. The smallest absolute Gasteiger partial charge is 0.143 e. The lowest BCUT2D eigenvalue weighted by molar-refractivity contribution is -0.117. The first-order valence-electron chi connectivity index (χ1n) is 12.8. The predicted molar refractivity (Wildman–Crippen MR) is 141 cm³/mol. The lowest BCUT2D eigenvalue weighted by Gasteiger charge is -2.39. The zero-order chi connectivity index (χ0) is 24.5. The van der Waals surface area contributed by atoms with Crippen molar-refractivity contribution in [2.24, 2.45) is 5.92 Å². The van der Waals surface area contributed by atoms with E-state index in [2.05, 4.69) is 68.1 Å². The van der Waals surface area contributed by atoms with Crippen molar-refractivity contribution in [1.29, 1.82) is 0 Å². The summed E-state index contributed by atoms with van der Waals surface area (Å²) < 4.78 is 5.50. The molecule has 0 N–H and O–H groups in total. The van der Waals surface area contributed by atoms with Gasteiger partial charge in [-0.05, 0) is 40.8 Å². The van der Waals surface area contributed by atoms with Crippen LogP contribution in [0.1, 0.15) is 35.0 Å². The first-order valence-corrected chi connectivity index (χ1v) is 12.8. The summed E-state index contributed by atoms with van der Waals surface area (Å²) in [5.74, 6) is 1.92. The Morgan fingerprint density at radius 3 is 2.58 bits per heavy atom. The van der Waals surface area contributed by atoms with Gasteiger partial charge in [0.2, 0.25) is 0 Å². The molecule has 0 spiro atoms. The molecule has 2 aromatic heterocycles. The molecule has 1 aliphatic carbocycles. The summed E-state index contributed by atoms with van der Waals surface area (Å²) in [4.78, 5) is 31.0. The normalized spacial score (nSPS) is 17.5. The molecular weight excluding hydrogens is 450 g/mol. The summed E-state index contributed by atoms with van der Waals surface area (Å²) in [5.41, 5.74) is 7.64. The zero-order valence-electron chi connectivity index (χ0n) is 20.7. The van der Waals surface area contributed by atoms with Gasteiger partial charge in [0.15, 0.2) is 0 Å². The summed E-state index contributed by atoms with van der Waals surface area (Å²) in [7, 11) is 0. The molecule has 0 saturated carbocycles. The number of anilines is 2. The highest BCUT2D eigenvalue weighted by molar-refractivity contribution is 5.91. The van der Waals surface area contributed by atoms with Crippen molar-refractivity contribution in [2.45, 2.75) is 26.2 Å². The molecule has 3 aliphatic rings. The van der Waals surface area contributed by atoms with Crippen molar-refractivity contribution >= 4 is 28.9 Å². The molecule has 0 bridgehead atoms. The molecule has 184 valence electrons. The highest BCUT2D eigenvalue weighted by Gasteiger charge is 2.24. The molecule has 0 amide bonds. The molecule has 4 heterocycles. The summed E-state index contributed by atoms with van der Waals surface area (Å²) >= 11 is 0. The topological polar surface area (TPSA) is 71.5 Å². The van der Waals surface area contributed by atoms with Gasteiger partial charge in [0.05, 0.1) is 18.9 Å². The number of morpholine rings is 1. The number of allylic oxidation sites excluding steroid dienone is 1. The molecule has 0 unspecified atom stereocenters. The molecule has 2 fully saturated rings. The molecule has 7 heteroatoms. The minimum absolute atomic E-state index is 0.183. The van der Waals surface area contributed by atoms with Crippen molar-refractivity contribution in [3.05, 3.63) is 77.0 Å². The third-order valence-electron chi connectivity index (χ3n) is 7.27. The lowest BCUT2D eigenvalue weighted by atomic mass is 9.99. The van der Waals surface area contributed by atoms with Gasteiger partial charge in [-0.2, -0.15) is 0 Å². The Morgan fingerprint density at radius 1 is 1.00 bits per heavy atom. The third kappa shape index (κ3) is 4.75. The number of carbonyl (C=O) groups is 1. The van der Waals surface area contributed by atoms with Crippen LogP contribution < -0.4 is 9.80 Å². The standard InChI is InChI=1S/C29H31N5O2/c1-20-17-34(18-20)25-6-7-30-24(15-25)16-26(35)12-21-2-4-22(5-3-21)23-13-27-28(14-23)31-19-32-29(27)33-8-10-36-11-9-33/h2-7,13,15,19-20H,8-12,14,16-18H2,1H3. The fourth-order valence-electron chi connectivity index (χ4n) is 5.33. The Morgan fingerprint density at radius 2 is 1.81 bits per heavy atom. The van der Waals surface area contributed by atoms with Crippen LogP contribution in [0.15, 0.2) is 48.9 Å². The Kier molecular flexibility index (Phi) is 6.23. The number of ketones is 1. The third-order valence-corrected chi connectivity index (χ3v) is 7.27. The van der Waals surface area contributed by atoms with Gasteiger partial charge in [-0.3, -0.25) is 9.78 Å². The molecule has 6 rings (SSSR count). The number of pyridine rings is 1. The fourth-order valence-corrected chi connectivity index (χ4v) is 5.33. The number of nitrogens with zero attached hydrogens (tertiary/aromatic N) is 5. The number of Topliss-reactive ketones (excluding diaryl/α,β-unsaturated/α-hetero) is 1. The van der Waals surface area contributed by atoms with Crippen LogP contribution in [0.25, 0.3) is 11.6 Å². The average Bonchev–Trinajstić information content (AvgIpc) is 3.32. The van der Waals surface area contributed by atoms with Gasteiger partial charge in [0, 0.05) is 68.6 Å². The van der Waals surface area contributed by atoms with Crippen LogP contribution >= 0.6 is 0 Å². The quantitative estimate of drug-likeness (QED) is 0.510. The van der Waals surface area contributed by atoms with Crippen LogP contribution in [0, 0.1) is 5.92 Å². The fraction of sp³-hybridized carbons (Fsp3) is 0.379. The van der Waals surface area contributed by atoms with Crippen LogP contribution in [-0.2, 0) is 28.8 Å². The van der Waals surface area contributed by atoms with Crippen molar-refractivity contribution in [3.63, 3.8) is 0 Å². The average molecular weight is 482 g/mol. The summed E-state index contributed by atoms with van der Waals surface area (Å²) in [6.07, 6.45) is 7.28. The minimum Gasteiger partial charge on any atom is -0.378 e. The van der Waals surface area contributed by atoms with Crippen LogP contribution in [0.2, 0.25) is 0 Å². The van der Waals surface area contributed by atoms with Gasteiger partial charge in [-0.1, -0.05) is 31.2 Å². The SMILES string of the molecule is CC1CN(c2ccnc(CC(=O)Cc3ccc(C4=Cc5c(ncnc5N5CCOCC5)C4)cc3)c2)C1. The van der Waals surface area contributed by atoms with Crippen molar-refractivity contribution < 1.29 is 9.53 Å². The highest BCUT2D eigenvalue weighted by Crippen LogP contribution is 2.35. The Labute approximate surface area is 211 Å². The van der Waals surface area contributed by atoms with E-state index in [1.54, 1.807) is 6.33 Å². The Bertz CT molecular complexity index is 1290. The maximum absolute atomic E-state index is 12.8. The van der Waals surface area contributed by atoms with E-state index in [1.165, 1.54) is 11.3 Å². The molecule has 2 saturated heterocycles. The largest absolute Gasteiger partial charge is 0.378 e. The number of rotatable bonds is 7. The zero-order valence-corrected chi connectivity index (χ0v) is 20.7. The number of aromatic nitrogens is 3. The molecule has 7 nitrogen and oxygen atoms in total. The number of fused-ring (bicyclic) bond motifs is 1. The first-order chi connectivity index (χ1) is 17.6. The number of ether oxygens (including phenoxy) is 1. The molecular formula is C29H31N5O2. The molecule has 0 atom stereocenters. The van der Waals surface area contributed by atoms with E-state index in [0.29, 0.717) is 12.8 Å².